The molecule has 2 heterocycles. The number of nitrogens with zero attached hydrogens (tertiary/aromatic N) is 5. The molecule has 0 spiro atoms. The Labute approximate surface area is 165 Å². The summed E-state index contributed by atoms with van der Waals surface area (Å²) < 4.78 is 5.98. The summed E-state index contributed by atoms with van der Waals surface area (Å²) in [6.45, 7) is 2.33. The Balaban J connectivity index is 1.88. The van der Waals surface area contributed by atoms with Gasteiger partial charge >= 0.3 is 6.01 Å². The van der Waals surface area contributed by atoms with Crippen LogP contribution in [-0.2, 0) is 4.79 Å². The molecule has 3 rings (SSSR count). The van der Waals surface area contributed by atoms with E-state index in [0.29, 0.717) is 43.1 Å². The molecule has 0 saturated carbocycles. The first-order valence-electron chi connectivity index (χ1n) is 8.78. The maximum absolute atomic E-state index is 11.7. The van der Waals surface area contributed by atoms with E-state index in [1.165, 1.54) is 18.0 Å². The van der Waals surface area contributed by atoms with Crippen LogP contribution < -0.4 is 10.3 Å². The molecule has 2 aliphatic rings. The van der Waals surface area contributed by atoms with E-state index < -0.39 is 10.8 Å². The molecule has 0 aromatic heterocycles. The van der Waals surface area contributed by atoms with Crippen LogP contribution >= 0.6 is 11.9 Å². The van der Waals surface area contributed by atoms with Gasteiger partial charge in [0.25, 0.3) is 5.69 Å². The van der Waals surface area contributed by atoms with Gasteiger partial charge in [-0.05, 0) is 6.07 Å². The molecular weight excluding hydrogens is 384 g/mol. The number of aliphatic hydroxyl groups is 1. The van der Waals surface area contributed by atoms with Crippen molar-refractivity contribution in [2.45, 2.75) is 6.42 Å². The van der Waals surface area contributed by atoms with Gasteiger partial charge in [-0.2, -0.15) is 5.10 Å². The van der Waals surface area contributed by atoms with Crippen LogP contribution in [-0.4, -0.2) is 71.3 Å². The fourth-order valence-corrected chi connectivity index (χ4v) is 3.47. The number of anilines is 1. The molecule has 1 fully saturated rings. The summed E-state index contributed by atoms with van der Waals surface area (Å²) in [5, 5.41) is 25.2. The van der Waals surface area contributed by atoms with Crippen LogP contribution in [0.4, 0.5) is 11.4 Å². The lowest BCUT2D eigenvalue weighted by atomic mass is 9.92. The third-order valence-electron chi connectivity index (χ3n) is 4.70. The second kappa shape index (κ2) is 8.96. The van der Waals surface area contributed by atoms with Crippen molar-refractivity contribution in [3.05, 3.63) is 33.9 Å². The zero-order chi connectivity index (χ0) is 20.1. The molecule has 148 valence electrons. The topological polar surface area (TPSA) is 123 Å². The van der Waals surface area contributed by atoms with Crippen LogP contribution in [0.2, 0.25) is 0 Å². The number of amides is 1. The van der Waals surface area contributed by atoms with Crippen molar-refractivity contribution < 1.29 is 19.4 Å². The minimum absolute atomic E-state index is 0.0241. The summed E-state index contributed by atoms with van der Waals surface area (Å²) in [6.07, 6.45) is 1.96. The Morgan fingerprint density at radius 3 is 2.89 bits per heavy atom. The normalized spacial score (nSPS) is 19.6. The molecule has 2 N–H and O–H groups in total. The van der Waals surface area contributed by atoms with Crippen LogP contribution in [0.3, 0.4) is 0 Å². The number of rotatable bonds is 5. The van der Waals surface area contributed by atoms with Crippen LogP contribution in [0.15, 0.2) is 27.7 Å². The van der Waals surface area contributed by atoms with Gasteiger partial charge in [0.15, 0.2) is 0 Å². The molecule has 11 heteroatoms. The molecular formula is C17H21N6O4S+. The molecule has 1 unspecified atom stereocenters. The SMILES string of the molecule is CSN=C=[N+]1CCN(c2ccc(C3=NNC(=O)CC3CO)cc2[N+](=O)[O-])CC1. The van der Waals surface area contributed by atoms with Gasteiger partial charge in [0, 0.05) is 34.6 Å². The molecule has 2 aliphatic heterocycles. The summed E-state index contributed by atoms with van der Waals surface area (Å²) >= 11 is 1.33. The van der Waals surface area contributed by atoms with Crippen molar-refractivity contribution in [2.75, 3.05) is 43.9 Å². The van der Waals surface area contributed by atoms with Gasteiger partial charge in [0.2, 0.25) is 5.91 Å². The van der Waals surface area contributed by atoms with Gasteiger partial charge in [0.05, 0.1) is 30.3 Å². The van der Waals surface area contributed by atoms with Crippen molar-refractivity contribution in [3.8, 4) is 0 Å². The highest BCUT2D eigenvalue weighted by Gasteiger charge is 2.29. The van der Waals surface area contributed by atoms with E-state index in [-0.39, 0.29) is 24.6 Å². The van der Waals surface area contributed by atoms with Crippen LogP contribution in [0.25, 0.3) is 0 Å². The molecule has 0 radical (unpaired) electrons. The minimum atomic E-state index is -0.478. The zero-order valence-corrected chi connectivity index (χ0v) is 16.2. The first kappa shape index (κ1) is 20.0. The number of nitrogens with one attached hydrogen (secondary N) is 1. The number of hydrogen-bond donors (Lipinski definition) is 2. The van der Waals surface area contributed by atoms with Crippen molar-refractivity contribution >= 4 is 40.9 Å². The fraction of sp³-hybridized carbons (Fsp3) is 0.471. The molecule has 1 saturated heterocycles. The smallest absolute Gasteiger partial charge is 0.321 e. The van der Waals surface area contributed by atoms with E-state index in [2.05, 4.69) is 20.9 Å². The summed E-state index contributed by atoms with van der Waals surface area (Å²) in [6, 6.07) is 7.84. The molecule has 0 bridgehead atoms. The van der Waals surface area contributed by atoms with Gasteiger partial charge in [-0.1, -0.05) is 6.07 Å². The van der Waals surface area contributed by atoms with E-state index in [1.807, 2.05) is 15.7 Å². The third kappa shape index (κ3) is 4.38. The lowest BCUT2D eigenvalue weighted by Crippen LogP contribution is -2.42. The molecule has 0 aliphatic carbocycles. The van der Waals surface area contributed by atoms with Crippen molar-refractivity contribution in [1.82, 2.24) is 5.43 Å². The quantitative estimate of drug-likeness (QED) is 0.245. The number of piperazine rings is 1. The first-order chi connectivity index (χ1) is 13.5. The van der Waals surface area contributed by atoms with Crippen LogP contribution in [0.5, 0.6) is 0 Å². The number of nitro benzene ring substituents is 1. The predicted octanol–water partition coefficient (Wildman–Crippen LogP) is 0.712. The second-order valence-corrected chi connectivity index (χ2v) is 6.97. The number of carbonyl (C=O) groups excluding carboxylic acids is 1. The second-order valence-electron chi connectivity index (χ2n) is 6.42. The summed E-state index contributed by atoms with van der Waals surface area (Å²) in [5.74, 6) is -0.761. The highest BCUT2D eigenvalue weighted by molar-refractivity contribution is 7.97. The molecule has 1 aromatic carbocycles. The molecule has 1 aromatic rings. The number of aliphatic hydroxyl groups excluding tert-OH is 1. The average molecular weight is 405 g/mol. The first-order valence-corrected chi connectivity index (χ1v) is 9.96. The van der Waals surface area contributed by atoms with Crippen molar-refractivity contribution in [2.24, 2.45) is 15.4 Å². The van der Waals surface area contributed by atoms with Crippen LogP contribution in [0, 0.1) is 16.0 Å². The lowest BCUT2D eigenvalue weighted by molar-refractivity contribution is -0.523. The Kier molecular flexibility index (Phi) is 6.40. The number of hydrogen-bond acceptors (Lipinski definition) is 8. The van der Waals surface area contributed by atoms with Crippen LogP contribution in [0.1, 0.15) is 12.0 Å². The number of hydrazone groups is 1. The summed E-state index contributed by atoms with van der Waals surface area (Å²) in [7, 11) is 0. The monoisotopic (exact) mass is 405 g/mol. The Bertz CT molecular complexity index is 870. The number of nitro groups is 1. The van der Waals surface area contributed by atoms with E-state index in [9.17, 15) is 20.0 Å². The average Bonchev–Trinajstić information content (AvgIpc) is 2.72. The Hall–Kier alpha value is -2.75. The predicted molar refractivity (Wildman–Crippen MR) is 106 cm³/mol. The summed E-state index contributed by atoms with van der Waals surface area (Å²) in [5.41, 5.74) is 3.86. The van der Waals surface area contributed by atoms with E-state index >= 15 is 0 Å². The van der Waals surface area contributed by atoms with E-state index in [1.54, 1.807) is 12.1 Å². The molecule has 10 nitrogen and oxygen atoms in total. The van der Waals surface area contributed by atoms with Gasteiger partial charge in [-0.15, -0.1) is 0 Å². The summed E-state index contributed by atoms with van der Waals surface area (Å²) in [4.78, 5) is 24.7. The molecule has 1 atom stereocenters. The van der Waals surface area contributed by atoms with Gasteiger partial charge in [0.1, 0.15) is 30.7 Å². The molecule has 1 amide bonds. The Morgan fingerprint density at radius 1 is 1.50 bits per heavy atom. The standard InChI is InChI=1S/C17H20N6O4S/c1-28-18-11-21-4-6-22(7-5-21)14-3-2-12(8-15(14)23(26)27)17-13(10-24)9-16(25)19-20-17/h2-3,8,13,24H,4-7,9-10H2,1H3/p+1. The number of benzene rings is 1. The number of carbonyl (C=O) groups is 1. The largest absolute Gasteiger partial charge is 0.396 e. The van der Waals surface area contributed by atoms with E-state index in [4.69, 9.17) is 0 Å². The van der Waals surface area contributed by atoms with Crippen molar-refractivity contribution in [3.63, 3.8) is 0 Å². The molecule has 28 heavy (non-hydrogen) atoms. The highest BCUT2D eigenvalue weighted by Crippen LogP contribution is 2.31. The van der Waals surface area contributed by atoms with Gasteiger partial charge in [-0.3, -0.25) is 14.9 Å². The minimum Gasteiger partial charge on any atom is -0.396 e. The van der Waals surface area contributed by atoms with Gasteiger partial charge < -0.3 is 10.0 Å². The lowest BCUT2D eigenvalue weighted by Gasteiger charge is -2.28. The van der Waals surface area contributed by atoms with E-state index in [0.717, 1.165) is 0 Å². The maximum Gasteiger partial charge on any atom is 0.321 e. The third-order valence-corrected chi connectivity index (χ3v) is 4.97. The van der Waals surface area contributed by atoms with Crippen molar-refractivity contribution in [1.29, 1.82) is 0 Å². The Morgan fingerprint density at radius 2 is 2.25 bits per heavy atom. The maximum atomic E-state index is 11.7. The highest BCUT2D eigenvalue weighted by atomic mass is 32.2. The zero-order valence-electron chi connectivity index (χ0n) is 15.4. The fourth-order valence-electron chi connectivity index (χ4n) is 3.27. The van der Waals surface area contributed by atoms with Gasteiger partial charge in [-0.25, -0.2) is 10.0 Å².